The molecule has 0 amide bonds. The fourth-order valence-corrected chi connectivity index (χ4v) is 0.985. The third-order valence-corrected chi connectivity index (χ3v) is 1.71. The number of rotatable bonds is 2. The summed E-state index contributed by atoms with van der Waals surface area (Å²) in [6, 6.07) is 6.07. The maximum absolute atomic E-state index is 11.6. The maximum Gasteiger partial charge on any atom is 0.182 e. The van der Waals surface area contributed by atoms with E-state index in [9.17, 15) is 4.79 Å². The van der Waals surface area contributed by atoms with Crippen LogP contribution < -0.4 is 5.73 Å². The highest BCUT2D eigenvalue weighted by Crippen LogP contribution is 2.14. The van der Waals surface area contributed by atoms with Gasteiger partial charge in [0.05, 0.1) is 5.54 Å². The first-order valence-corrected chi connectivity index (χ1v) is 4.04. The normalized spacial score (nSPS) is 11.3. The van der Waals surface area contributed by atoms with Crippen molar-refractivity contribution in [1.29, 1.82) is 0 Å². The second-order valence-corrected chi connectivity index (χ2v) is 3.60. The Morgan fingerprint density at radius 2 is 1.77 bits per heavy atom. The zero-order valence-corrected chi connectivity index (χ0v) is 7.74. The van der Waals surface area contributed by atoms with Gasteiger partial charge in [0.1, 0.15) is 5.75 Å². The number of Topliss-reactive ketones (excluding diaryl/α,β-unsaturated/α-hetero) is 1. The second-order valence-electron chi connectivity index (χ2n) is 3.60. The van der Waals surface area contributed by atoms with Crippen LogP contribution >= 0.6 is 0 Å². The van der Waals surface area contributed by atoms with E-state index in [1.54, 1.807) is 26.0 Å². The quantitative estimate of drug-likeness (QED) is 0.673. The van der Waals surface area contributed by atoms with E-state index in [0.717, 1.165) is 0 Å². The lowest BCUT2D eigenvalue weighted by atomic mass is 9.94. The Hall–Kier alpha value is -1.35. The number of nitrogens with two attached hydrogens (primary N) is 1. The third kappa shape index (κ3) is 2.29. The van der Waals surface area contributed by atoms with Crippen LogP contribution in [0.5, 0.6) is 5.75 Å². The number of phenols is 1. The van der Waals surface area contributed by atoms with Crippen LogP contribution in [0.4, 0.5) is 0 Å². The fraction of sp³-hybridized carbons (Fsp3) is 0.300. The molecule has 1 aromatic carbocycles. The lowest BCUT2D eigenvalue weighted by molar-refractivity contribution is 0.0913. The SMILES string of the molecule is CC(C)(N)C(=O)c1ccc(O)cc1. The molecule has 0 heterocycles. The summed E-state index contributed by atoms with van der Waals surface area (Å²) in [4.78, 5) is 11.6. The molecule has 70 valence electrons. The van der Waals surface area contributed by atoms with Crippen molar-refractivity contribution in [3.63, 3.8) is 0 Å². The summed E-state index contributed by atoms with van der Waals surface area (Å²) >= 11 is 0. The highest BCUT2D eigenvalue weighted by atomic mass is 16.3. The average molecular weight is 179 g/mol. The lowest BCUT2D eigenvalue weighted by Crippen LogP contribution is -2.41. The van der Waals surface area contributed by atoms with E-state index < -0.39 is 5.54 Å². The molecule has 1 aromatic rings. The van der Waals surface area contributed by atoms with Gasteiger partial charge in [-0.2, -0.15) is 0 Å². The number of carbonyl (C=O) groups excluding carboxylic acids is 1. The first kappa shape index (κ1) is 9.74. The van der Waals surface area contributed by atoms with E-state index in [1.807, 2.05) is 0 Å². The minimum atomic E-state index is -0.864. The smallest absolute Gasteiger partial charge is 0.182 e. The number of hydrogen-bond acceptors (Lipinski definition) is 3. The molecule has 0 atom stereocenters. The second kappa shape index (κ2) is 3.18. The number of hydrogen-bond donors (Lipinski definition) is 2. The van der Waals surface area contributed by atoms with Crippen LogP contribution in [0.25, 0.3) is 0 Å². The zero-order chi connectivity index (χ0) is 10.1. The van der Waals surface area contributed by atoms with E-state index in [-0.39, 0.29) is 11.5 Å². The van der Waals surface area contributed by atoms with Gasteiger partial charge in [-0.3, -0.25) is 4.79 Å². The van der Waals surface area contributed by atoms with Gasteiger partial charge >= 0.3 is 0 Å². The van der Waals surface area contributed by atoms with E-state index in [1.165, 1.54) is 12.1 Å². The van der Waals surface area contributed by atoms with Crippen LogP contribution in [0.3, 0.4) is 0 Å². The molecule has 3 heteroatoms. The molecular formula is C10H13NO2. The predicted molar refractivity (Wildman–Crippen MR) is 50.7 cm³/mol. The van der Waals surface area contributed by atoms with Crippen molar-refractivity contribution in [1.82, 2.24) is 0 Å². The number of carbonyl (C=O) groups is 1. The van der Waals surface area contributed by atoms with Crippen molar-refractivity contribution in [3.05, 3.63) is 29.8 Å². The minimum Gasteiger partial charge on any atom is -0.508 e. The summed E-state index contributed by atoms with van der Waals surface area (Å²) in [5, 5.41) is 9.00. The van der Waals surface area contributed by atoms with E-state index in [2.05, 4.69) is 0 Å². The van der Waals surface area contributed by atoms with Crippen LogP contribution in [0, 0.1) is 0 Å². The van der Waals surface area contributed by atoms with Crippen molar-refractivity contribution in [3.8, 4) is 5.75 Å². The average Bonchev–Trinajstić information content (AvgIpc) is 2.03. The van der Waals surface area contributed by atoms with Crippen molar-refractivity contribution >= 4 is 5.78 Å². The van der Waals surface area contributed by atoms with E-state index in [4.69, 9.17) is 10.8 Å². The Bertz CT molecular complexity index is 309. The molecule has 0 saturated carbocycles. The topological polar surface area (TPSA) is 63.3 Å². The van der Waals surface area contributed by atoms with Gasteiger partial charge < -0.3 is 10.8 Å². The van der Waals surface area contributed by atoms with Crippen LogP contribution in [0.15, 0.2) is 24.3 Å². The Balaban J connectivity index is 2.97. The molecule has 0 aliphatic heterocycles. The molecule has 0 spiro atoms. The van der Waals surface area contributed by atoms with Crippen LogP contribution in [-0.2, 0) is 0 Å². The molecule has 0 aromatic heterocycles. The highest BCUT2D eigenvalue weighted by Gasteiger charge is 2.22. The first-order valence-electron chi connectivity index (χ1n) is 4.04. The molecular weight excluding hydrogens is 166 g/mol. The fourth-order valence-electron chi connectivity index (χ4n) is 0.985. The summed E-state index contributed by atoms with van der Waals surface area (Å²) in [6.07, 6.45) is 0. The summed E-state index contributed by atoms with van der Waals surface area (Å²) in [6.45, 7) is 3.31. The molecule has 0 fully saturated rings. The predicted octanol–water partition coefficient (Wildman–Crippen LogP) is 1.31. The van der Waals surface area contributed by atoms with E-state index >= 15 is 0 Å². The summed E-state index contributed by atoms with van der Waals surface area (Å²) in [5.74, 6) is 0.0128. The van der Waals surface area contributed by atoms with Gasteiger partial charge in [0.2, 0.25) is 0 Å². The standard InChI is InChI=1S/C10H13NO2/c1-10(2,11)9(13)7-3-5-8(12)6-4-7/h3-6,12H,11H2,1-2H3. The number of benzene rings is 1. The Morgan fingerprint density at radius 1 is 1.31 bits per heavy atom. The molecule has 0 saturated heterocycles. The molecule has 0 aliphatic rings. The molecule has 1 rings (SSSR count). The number of phenolic OH excluding ortho intramolecular Hbond substituents is 1. The Labute approximate surface area is 77.2 Å². The van der Waals surface area contributed by atoms with E-state index in [0.29, 0.717) is 5.56 Å². The zero-order valence-electron chi connectivity index (χ0n) is 7.74. The van der Waals surface area contributed by atoms with Crippen molar-refractivity contribution in [2.24, 2.45) is 5.73 Å². The molecule has 0 aliphatic carbocycles. The summed E-state index contributed by atoms with van der Waals surface area (Å²) in [7, 11) is 0. The monoisotopic (exact) mass is 179 g/mol. The van der Waals surface area contributed by atoms with Crippen LogP contribution in [0.1, 0.15) is 24.2 Å². The molecule has 0 unspecified atom stereocenters. The Kier molecular flexibility index (Phi) is 2.38. The van der Waals surface area contributed by atoms with Gasteiger partial charge in [-0.05, 0) is 38.1 Å². The molecule has 0 radical (unpaired) electrons. The van der Waals surface area contributed by atoms with Crippen molar-refractivity contribution < 1.29 is 9.90 Å². The minimum absolute atomic E-state index is 0.132. The molecule has 3 nitrogen and oxygen atoms in total. The summed E-state index contributed by atoms with van der Waals surface area (Å²) in [5.41, 5.74) is 5.29. The molecule has 3 N–H and O–H groups in total. The van der Waals surface area contributed by atoms with Crippen molar-refractivity contribution in [2.75, 3.05) is 0 Å². The van der Waals surface area contributed by atoms with Crippen LogP contribution in [0.2, 0.25) is 0 Å². The van der Waals surface area contributed by atoms with Gasteiger partial charge in [0.25, 0.3) is 0 Å². The third-order valence-electron chi connectivity index (χ3n) is 1.71. The highest BCUT2D eigenvalue weighted by molar-refractivity contribution is 6.02. The first-order chi connectivity index (χ1) is 5.91. The van der Waals surface area contributed by atoms with Crippen LogP contribution in [-0.4, -0.2) is 16.4 Å². The number of aromatic hydroxyl groups is 1. The Morgan fingerprint density at radius 3 is 2.15 bits per heavy atom. The van der Waals surface area contributed by atoms with Gasteiger partial charge in [0.15, 0.2) is 5.78 Å². The maximum atomic E-state index is 11.6. The molecule has 13 heavy (non-hydrogen) atoms. The van der Waals surface area contributed by atoms with Gasteiger partial charge in [0, 0.05) is 5.56 Å². The summed E-state index contributed by atoms with van der Waals surface area (Å²) < 4.78 is 0. The van der Waals surface area contributed by atoms with Gasteiger partial charge in [-0.1, -0.05) is 0 Å². The largest absolute Gasteiger partial charge is 0.508 e. The lowest BCUT2D eigenvalue weighted by Gasteiger charge is -2.16. The van der Waals surface area contributed by atoms with Gasteiger partial charge in [-0.25, -0.2) is 0 Å². The number of ketones is 1. The van der Waals surface area contributed by atoms with Crippen molar-refractivity contribution in [2.45, 2.75) is 19.4 Å². The van der Waals surface area contributed by atoms with Gasteiger partial charge in [-0.15, -0.1) is 0 Å². The molecule has 0 bridgehead atoms.